The van der Waals surface area contributed by atoms with E-state index in [1.54, 1.807) is 12.1 Å². The van der Waals surface area contributed by atoms with Crippen molar-refractivity contribution >= 4 is 33.4 Å². The number of pyridine rings is 1. The zero-order valence-corrected chi connectivity index (χ0v) is 13.0. The van der Waals surface area contributed by atoms with Crippen LogP contribution in [0.15, 0.2) is 18.3 Å². The maximum Gasteiger partial charge on any atom is 0.269 e. The van der Waals surface area contributed by atoms with E-state index in [1.165, 1.54) is 6.20 Å². The molecule has 0 saturated heterocycles. The Labute approximate surface area is 121 Å². The number of alkyl halides is 1. The van der Waals surface area contributed by atoms with Crippen molar-refractivity contribution in [3.63, 3.8) is 0 Å². The molecule has 0 fully saturated rings. The number of nitrogens with one attached hydrogen (secondary N) is 1. The predicted octanol–water partition coefficient (Wildman–Crippen LogP) is 3.67. The van der Waals surface area contributed by atoms with E-state index in [2.05, 4.69) is 40.1 Å². The Morgan fingerprint density at radius 1 is 1.50 bits per heavy atom. The van der Waals surface area contributed by atoms with Gasteiger partial charge in [-0.2, -0.15) is 0 Å². The molecule has 1 N–H and O–H groups in total. The average Bonchev–Trinajstić information content (AvgIpc) is 2.35. The topological polar surface area (TPSA) is 42.0 Å². The van der Waals surface area contributed by atoms with E-state index in [0.717, 1.165) is 18.2 Å². The van der Waals surface area contributed by atoms with E-state index < -0.39 is 0 Å². The molecule has 0 aromatic carbocycles. The van der Waals surface area contributed by atoms with E-state index in [-0.39, 0.29) is 11.3 Å². The van der Waals surface area contributed by atoms with Crippen molar-refractivity contribution in [2.45, 2.75) is 26.7 Å². The summed E-state index contributed by atoms with van der Waals surface area (Å²) in [6.07, 6.45) is 3.64. The molecular weight excluding hydrogens is 316 g/mol. The Hall–Kier alpha value is -0.610. The normalized spacial score (nSPS) is 11.3. The van der Waals surface area contributed by atoms with Crippen LogP contribution < -0.4 is 5.32 Å². The first-order chi connectivity index (χ1) is 8.44. The van der Waals surface area contributed by atoms with Gasteiger partial charge in [0.05, 0.1) is 5.02 Å². The lowest BCUT2D eigenvalue weighted by atomic mass is 9.88. The molecule has 1 heterocycles. The van der Waals surface area contributed by atoms with Crippen LogP contribution in [-0.4, -0.2) is 22.8 Å². The van der Waals surface area contributed by atoms with Crippen molar-refractivity contribution < 1.29 is 4.79 Å². The SMILES string of the molecule is CC(C)(CCCBr)CNC(=O)c1ccc(Cl)cn1. The van der Waals surface area contributed by atoms with Crippen molar-refractivity contribution in [1.82, 2.24) is 10.3 Å². The first kappa shape index (κ1) is 15.4. The lowest BCUT2D eigenvalue weighted by Crippen LogP contribution is -2.34. The molecule has 100 valence electrons. The largest absolute Gasteiger partial charge is 0.350 e. The van der Waals surface area contributed by atoms with E-state index in [1.807, 2.05) is 0 Å². The van der Waals surface area contributed by atoms with Crippen LogP contribution in [0.25, 0.3) is 0 Å². The molecule has 1 aromatic heterocycles. The third-order valence-electron chi connectivity index (χ3n) is 2.67. The van der Waals surface area contributed by atoms with Crippen molar-refractivity contribution in [3.05, 3.63) is 29.0 Å². The summed E-state index contributed by atoms with van der Waals surface area (Å²) in [5.41, 5.74) is 0.492. The van der Waals surface area contributed by atoms with E-state index >= 15 is 0 Å². The van der Waals surface area contributed by atoms with Crippen molar-refractivity contribution in [1.29, 1.82) is 0 Å². The molecule has 0 radical (unpaired) electrons. The van der Waals surface area contributed by atoms with Gasteiger partial charge in [-0.15, -0.1) is 0 Å². The minimum absolute atomic E-state index is 0.0931. The lowest BCUT2D eigenvalue weighted by molar-refractivity contribution is 0.0929. The highest BCUT2D eigenvalue weighted by atomic mass is 79.9. The summed E-state index contributed by atoms with van der Waals surface area (Å²) in [4.78, 5) is 15.8. The third kappa shape index (κ3) is 5.36. The molecule has 3 nitrogen and oxygen atoms in total. The molecular formula is C13H18BrClN2O. The van der Waals surface area contributed by atoms with E-state index in [0.29, 0.717) is 17.3 Å². The Balaban J connectivity index is 2.48. The maximum atomic E-state index is 11.9. The average molecular weight is 334 g/mol. The first-order valence-corrected chi connectivity index (χ1v) is 7.40. The molecule has 1 rings (SSSR count). The predicted molar refractivity (Wildman–Crippen MR) is 78.4 cm³/mol. The Morgan fingerprint density at radius 2 is 2.22 bits per heavy atom. The Morgan fingerprint density at radius 3 is 2.78 bits per heavy atom. The Bertz CT molecular complexity index is 392. The fourth-order valence-corrected chi connectivity index (χ4v) is 1.95. The summed E-state index contributed by atoms with van der Waals surface area (Å²) < 4.78 is 0. The molecule has 0 aliphatic heterocycles. The van der Waals surface area contributed by atoms with Gasteiger partial charge in [0.25, 0.3) is 5.91 Å². The Kier molecular flexibility index (Phi) is 6.09. The van der Waals surface area contributed by atoms with Crippen LogP contribution in [0.4, 0.5) is 0 Å². The highest BCUT2D eigenvalue weighted by Crippen LogP contribution is 2.21. The second kappa shape index (κ2) is 7.10. The number of nitrogens with zero attached hydrogens (tertiary/aromatic N) is 1. The minimum Gasteiger partial charge on any atom is -0.350 e. The summed E-state index contributed by atoms with van der Waals surface area (Å²) >= 11 is 9.14. The van der Waals surface area contributed by atoms with E-state index in [9.17, 15) is 4.79 Å². The monoisotopic (exact) mass is 332 g/mol. The highest BCUT2D eigenvalue weighted by molar-refractivity contribution is 9.09. The van der Waals surface area contributed by atoms with Gasteiger partial charge in [-0.1, -0.05) is 41.4 Å². The molecule has 0 spiro atoms. The van der Waals surface area contributed by atoms with Gasteiger partial charge in [0.15, 0.2) is 0 Å². The zero-order chi connectivity index (χ0) is 13.6. The van der Waals surface area contributed by atoms with Crippen LogP contribution in [0.1, 0.15) is 37.2 Å². The summed E-state index contributed by atoms with van der Waals surface area (Å²) in [6.45, 7) is 4.93. The van der Waals surface area contributed by atoms with Gasteiger partial charge >= 0.3 is 0 Å². The molecule has 0 unspecified atom stereocenters. The van der Waals surface area contributed by atoms with Gasteiger partial charge < -0.3 is 5.32 Å². The smallest absolute Gasteiger partial charge is 0.269 e. The van der Waals surface area contributed by atoms with Gasteiger partial charge in [0.1, 0.15) is 5.69 Å². The van der Waals surface area contributed by atoms with Gasteiger partial charge in [-0.3, -0.25) is 4.79 Å². The summed E-state index contributed by atoms with van der Waals surface area (Å²) in [6, 6.07) is 3.29. The van der Waals surface area contributed by atoms with Crippen LogP contribution in [-0.2, 0) is 0 Å². The van der Waals surface area contributed by atoms with Crippen LogP contribution >= 0.6 is 27.5 Å². The van der Waals surface area contributed by atoms with Crippen LogP contribution in [0.2, 0.25) is 5.02 Å². The van der Waals surface area contributed by atoms with Gasteiger partial charge in [0.2, 0.25) is 0 Å². The number of carbonyl (C=O) groups is 1. The zero-order valence-electron chi connectivity index (χ0n) is 10.7. The quantitative estimate of drug-likeness (QED) is 0.807. The molecule has 1 amide bonds. The molecule has 1 aromatic rings. The van der Waals surface area contributed by atoms with Crippen LogP contribution in [0.5, 0.6) is 0 Å². The number of rotatable bonds is 6. The standard InChI is InChI=1S/C13H18BrClN2O/c1-13(2,6-3-7-14)9-17-12(18)11-5-4-10(15)8-16-11/h4-5,8H,3,6-7,9H2,1-2H3,(H,17,18). The van der Waals surface area contributed by atoms with Crippen LogP contribution in [0.3, 0.4) is 0 Å². The summed E-state index contributed by atoms with van der Waals surface area (Å²) in [7, 11) is 0. The maximum absolute atomic E-state index is 11.9. The van der Waals surface area contributed by atoms with Crippen molar-refractivity contribution in [2.24, 2.45) is 5.41 Å². The second-order valence-corrected chi connectivity index (χ2v) is 6.23. The number of aromatic nitrogens is 1. The fourth-order valence-electron chi connectivity index (χ4n) is 1.55. The number of carbonyl (C=O) groups excluding carboxylic acids is 1. The molecule has 0 aliphatic rings. The second-order valence-electron chi connectivity index (χ2n) is 5.00. The number of amides is 1. The molecule has 0 aliphatic carbocycles. The molecule has 0 saturated carbocycles. The molecule has 0 atom stereocenters. The van der Waals surface area contributed by atoms with Gasteiger partial charge in [0, 0.05) is 18.1 Å². The summed E-state index contributed by atoms with van der Waals surface area (Å²) in [5.74, 6) is -0.154. The van der Waals surface area contributed by atoms with E-state index in [4.69, 9.17) is 11.6 Å². The third-order valence-corrected chi connectivity index (χ3v) is 3.46. The summed E-state index contributed by atoms with van der Waals surface area (Å²) in [5, 5.41) is 4.43. The van der Waals surface area contributed by atoms with Gasteiger partial charge in [-0.05, 0) is 30.4 Å². The number of hydrogen-bond acceptors (Lipinski definition) is 2. The highest BCUT2D eigenvalue weighted by Gasteiger charge is 2.18. The number of hydrogen-bond donors (Lipinski definition) is 1. The van der Waals surface area contributed by atoms with Crippen molar-refractivity contribution in [3.8, 4) is 0 Å². The fraction of sp³-hybridized carbons (Fsp3) is 0.538. The first-order valence-electron chi connectivity index (χ1n) is 5.90. The molecule has 18 heavy (non-hydrogen) atoms. The minimum atomic E-state index is -0.154. The molecule has 5 heteroatoms. The van der Waals surface area contributed by atoms with Gasteiger partial charge in [-0.25, -0.2) is 4.98 Å². The lowest BCUT2D eigenvalue weighted by Gasteiger charge is -2.24. The van der Waals surface area contributed by atoms with Crippen LogP contribution in [0, 0.1) is 5.41 Å². The number of halogens is 2. The molecule has 0 bridgehead atoms. The van der Waals surface area contributed by atoms with Crippen molar-refractivity contribution in [2.75, 3.05) is 11.9 Å².